The van der Waals surface area contributed by atoms with Gasteiger partial charge in [0.2, 0.25) is 0 Å². The molecule has 0 amide bonds. The first-order chi connectivity index (χ1) is 10.7. The first-order valence-corrected chi connectivity index (χ1v) is 8.54. The predicted molar refractivity (Wildman–Crippen MR) is 88.1 cm³/mol. The molecule has 0 spiro atoms. The van der Waals surface area contributed by atoms with Crippen LogP contribution in [0.2, 0.25) is 0 Å². The molecule has 0 heterocycles. The monoisotopic (exact) mass is 430 g/mol. The maximum atomic E-state index is 11.2. The fourth-order valence-corrected chi connectivity index (χ4v) is 1.48. The van der Waals surface area contributed by atoms with Crippen LogP contribution in [0.15, 0.2) is 12.2 Å². The summed E-state index contributed by atoms with van der Waals surface area (Å²) in [5.41, 5.74) is 0. The highest BCUT2D eigenvalue weighted by atomic mass is 127. The SMILES string of the molecule is CCOC(=O)/C=C/C(=O)OCCOCCOCCOCCI. The molecule has 8 heteroatoms. The Bertz CT molecular complexity index is 320. The zero-order chi connectivity index (χ0) is 16.5. The molecule has 0 radical (unpaired) electrons. The third-order valence-electron chi connectivity index (χ3n) is 2.08. The van der Waals surface area contributed by atoms with Gasteiger partial charge in [0.25, 0.3) is 0 Å². The van der Waals surface area contributed by atoms with E-state index in [2.05, 4.69) is 27.3 Å². The zero-order valence-corrected chi connectivity index (χ0v) is 14.9. The maximum Gasteiger partial charge on any atom is 0.331 e. The summed E-state index contributed by atoms with van der Waals surface area (Å²) in [5.74, 6) is -1.18. The van der Waals surface area contributed by atoms with Crippen molar-refractivity contribution in [3.05, 3.63) is 12.2 Å². The van der Waals surface area contributed by atoms with Crippen molar-refractivity contribution in [2.45, 2.75) is 6.92 Å². The summed E-state index contributed by atoms with van der Waals surface area (Å²) in [7, 11) is 0. The molecule has 0 saturated carbocycles. The molecular weight excluding hydrogens is 407 g/mol. The summed E-state index contributed by atoms with van der Waals surface area (Å²) in [4.78, 5) is 22.1. The number of alkyl halides is 1. The molecule has 0 saturated heterocycles. The highest BCUT2D eigenvalue weighted by molar-refractivity contribution is 14.1. The van der Waals surface area contributed by atoms with Crippen LogP contribution in [0.5, 0.6) is 0 Å². The van der Waals surface area contributed by atoms with Crippen molar-refractivity contribution in [1.29, 1.82) is 0 Å². The first-order valence-electron chi connectivity index (χ1n) is 7.01. The second kappa shape index (κ2) is 16.7. The van der Waals surface area contributed by atoms with Crippen LogP contribution in [0.25, 0.3) is 0 Å². The first kappa shape index (κ1) is 21.3. The van der Waals surface area contributed by atoms with Crippen LogP contribution in [0.4, 0.5) is 0 Å². The number of hydrogen-bond acceptors (Lipinski definition) is 7. The Morgan fingerprint density at radius 3 is 1.73 bits per heavy atom. The fraction of sp³-hybridized carbons (Fsp3) is 0.714. The predicted octanol–water partition coefficient (Wildman–Crippen LogP) is 1.13. The van der Waals surface area contributed by atoms with E-state index in [1.54, 1.807) is 6.92 Å². The van der Waals surface area contributed by atoms with Gasteiger partial charge in [-0.2, -0.15) is 0 Å². The minimum atomic E-state index is -0.611. The van der Waals surface area contributed by atoms with E-state index in [9.17, 15) is 9.59 Å². The summed E-state index contributed by atoms with van der Waals surface area (Å²) in [6.07, 6.45) is 2.05. The molecule has 0 aliphatic rings. The lowest BCUT2D eigenvalue weighted by Gasteiger charge is -2.06. The third kappa shape index (κ3) is 15.7. The van der Waals surface area contributed by atoms with Crippen LogP contribution >= 0.6 is 22.6 Å². The van der Waals surface area contributed by atoms with Crippen molar-refractivity contribution in [1.82, 2.24) is 0 Å². The lowest BCUT2D eigenvalue weighted by atomic mass is 10.5. The molecule has 0 aliphatic carbocycles. The van der Waals surface area contributed by atoms with Gasteiger partial charge in [-0.15, -0.1) is 0 Å². The van der Waals surface area contributed by atoms with Gasteiger partial charge < -0.3 is 23.7 Å². The van der Waals surface area contributed by atoms with Crippen LogP contribution in [0.3, 0.4) is 0 Å². The molecule has 0 aromatic carbocycles. The van der Waals surface area contributed by atoms with E-state index in [1.807, 2.05) is 0 Å². The van der Waals surface area contributed by atoms with E-state index in [-0.39, 0.29) is 19.8 Å². The Balaban J connectivity index is 3.32. The second-order valence-electron chi connectivity index (χ2n) is 3.78. The molecule has 0 aliphatic heterocycles. The minimum Gasteiger partial charge on any atom is -0.463 e. The van der Waals surface area contributed by atoms with E-state index < -0.39 is 11.9 Å². The lowest BCUT2D eigenvalue weighted by Crippen LogP contribution is -2.13. The average Bonchev–Trinajstić information content (AvgIpc) is 2.51. The lowest BCUT2D eigenvalue weighted by molar-refractivity contribution is -0.141. The van der Waals surface area contributed by atoms with Crippen LogP contribution in [0.1, 0.15) is 6.92 Å². The van der Waals surface area contributed by atoms with E-state index >= 15 is 0 Å². The van der Waals surface area contributed by atoms with E-state index in [1.165, 1.54) is 0 Å². The molecule has 0 fully saturated rings. The largest absolute Gasteiger partial charge is 0.463 e. The maximum absolute atomic E-state index is 11.2. The van der Waals surface area contributed by atoms with Crippen molar-refractivity contribution in [2.24, 2.45) is 0 Å². The van der Waals surface area contributed by atoms with Crippen LogP contribution < -0.4 is 0 Å². The topological polar surface area (TPSA) is 80.3 Å². The number of carbonyl (C=O) groups excluding carboxylic acids is 2. The highest BCUT2D eigenvalue weighted by Gasteiger charge is 2.00. The second-order valence-corrected chi connectivity index (χ2v) is 4.86. The van der Waals surface area contributed by atoms with Gasteiger partial charge >= 0.3 is 11.9 Å². The standard InChI is InChI=1S/C14H23IO7/c1-2-21-13(16)3-4-14(17)22-12-11-20-10-9-19-8-7-18-6-5-15/h3-4H,2,5-12H2,1H3/b4-3+. The Kier molecular flexibility index (Phi) is 16.1. The van der Waals surface area contributed by atoms with Gasteiger partial charge in [-0.05, 0) is 6.92 Å². The zero-order valence-electron chi connectivity index (χ0n) is 12.8. The van der Waals surface area contributed by atoms with E-state index in [0.717, 1.165) is 23.2 Å². The number of ether oxygens (including phenoxy) is 5. The molecule has 7 nitrogen and oxygen atoms in total. The molecule has 0 N–H and O–H groups in total. The minimum absolute atomic E-state index is 0.116. The normalized spacial score (nSPS) is 10.8. The number of hydrogen-bond donors (Lipinski definition) is 0. The van der Waals surface area contributed by atoms with Crippen LogP contribution in [0, 0.1) is 0 Å². The van der Waals surface area contributed by atoms with Gasteiger partial charge in [-0.1, -0.05) is 22.6 Å². The molecule has 0 aromatic rings. The van der Waals surface area contributed by atoms with Crippen LogP contribution in [-0.2, 0) is 33.3 Å². The molecule has 0 atom stereocenters. The summed E-state index contributed by atoms with van der Waals surface area (Å²) in [6, 6.07) is 0. The number of carbonyl (C=O) groups is 2. The number of halogens is 1. The Morgan fingerprint density at radius 2 is 1.23 bits per heavy atom. The molecule has 22 heavy (non-hydrogen) atoms. The van der Waals surface area contributed by atoms with Crippen molar-refractivity contribution < 1.29 is 33.3 Å². The number of rotatable bonds is 14. The smallest absolute Gasteiger partial charge is 0.331 e. The quantitative estimate of drug-likeness (QED) is 0.134. The molecule has 0 bridgehead atoms. The Morgan fingerprint density at radius 1 is 0.773 bits per heavy atom. The van der Waals surface area contributed by atoms with Gasteiger partial charge in [0, 0.05) is 16.6 Å². The average molecular weight is 430 g/mol. The van der Waals surface area contributed by atoms with E-state index in [0.29, 0.717) is 26.4 Å². The molecule has 0 rings (SSSR count). The van der Waals surface area contributed by atoms with Gasteiger partial charge in [0.1, 0.15) is 6.61 Å². The van der Waals surface area contributed by atoms with Gasteiger partial charge in [-0.3, -0.25) is 0 Å². The molecule has 0 aromatic heterocycles. The summed E-state index contributed by atoms with van der Waals surface area (Å²) in [6.45, 7) is 5.06. The molecule has 128 valence electrons. The summed E-state index contributed by atoms with van der Waals surface area (Å²) in [5, 5.41) is 0. The number of esters is 2. The van der Waals surface area contributed by atoms with Crippen molar-refractivity contribution >= 4 is 34.5 Å². The van der Waals surface area contributed by atoms with E-state index in [4.69, 9.17) is 18.9 Å². The van der Waals surface area contributed by atoms with Gasteiger partial charge in [-0.25, -0.2) is 9.59 Å². The Labute approximate surface area is 144 Å². The summed E-state index contributed by atoms with van der Waals surface area (Å²) >= 11 is 2.24. The van der Waals surface area contributed by atoms with Crippen LogP contribution in [-0.4, -0.2) is 69.2 Å². The molecule has 0 unspecified atom stereocenters. The summed E-state index contributed by atoms with van der Waals surface area (Å²) < 4.78 is 26.1. The van der Waals surface area contributed by atoms with Crippen molar-refractivity contribution in [3.8, 4) is 0 Å². The third-order valence-corrected chi connectivity index (χ3v) is 2.52. The van der Waals surface area contributed by atoms with Crippen molar-refractivity contribution in [3.63, 3.8) is 0 Å². The van der Waals surface area contributed by atoms with Gasteiger partial charge in [0.05, 0.1) is 46.2 Å². The fourth-order valence-electron chi connectivity index (χ4n) is 1.17. The molecular formula is C14H23IO7. The Hall–Kier alpha value is -0.710. The van der Waals surface area contributed by atoms with Gasteiger partial charge in [0.15, 0.2) is 0 Å². The van der Waals surface area contributed by atoms with Crippen molar-refractivity contribution in [2.75, 3.05) is 57.3 Å². The highest BCUT2D eigenvalue weighted by Crippen LogP contribution is 1.87.